The number of nitrogens with one attached hydrogen (secondary N) is 1. The molecule has 0 aliphatic carbocycles. The predicted octanol–water partition coefficient (Wildman–Crippen LogP) is 3.23. The molecule has 0 radical (unpaired) electrons. The number of ether oxygens (including phenoxy) is 1. The van der Waals surface area contributed by atoms with Crippen molar-refractivity contribution in [3.05, 3.63) is 54.6 Å². The van der Waals surface area contributed by atoms with Gasteiger partial charge in [-0.1, -0.05) is 18.2 Å². The van der Waals surface area contributed by atoms with E-state index in [4.69, 9.17) is 4.74 Å². The number of hydrogen-bond donors (Lipinski definition) is 1. The van der Waals surface area contributed by atoms with Gasteiger partial charge in [0, 0.05) is 44.5 Å². The van der Waals surface area contributed by atoms with Crippen molar-refractivity contribution < 1.29 is 14.3 Å². The molecule has 0 saturated carbocycles. The van der Waals surface area contributed by atoms with Crippen LogP contribution in [0.25, 0.3) is 0 Å². The Hall–Kier alpha value is -3.02. The molecule has 1 aliphatic rings. The monoisotopic (exact) mass is 395 g/mol. The Bertz CT molecular complexity index is 787. The second kappa shape index (κ2) is 10.5. The van der Waals surface area contributed by atoms with Gasteiger partial charge in [0.2, 0.25) is 5.91 Å². The summed E-state index contributed by atoms with van der Waals surface area (Å²) >= 11 is 0. The molecule has 1 aliphatic heterocycles. The molecular weight excluding hydrogens is 366 g/mol. The van der Waals surface area contributed by atoms with E-state index in [1.54, 1.807) is 24.0 Å². The molecular formula is C23H29N3O3. The standard InChI is InChI=1S/C23H29N3O3/c1-19(27)26(17-14-24-23(28)18-29-22-8-4-2-5-9-22)21-12-10-20(11-13-21)25-15-6-3-7-16-25/h2,4-5,8-13H,3,6-7,14-18H2,1H3,(H,24,28). The van der Waals surface area contributed by atoms with Crippen LogP contribution in [0.5, 0.6) is 5.75 Å². The summed E-state index contributed by atoms with van der Waals surface area (Å²) < 4.78 is 5.43. The molecule has 2 aromatic rings. The predicted molar refractivity (Wildman–Crippen MR) is 115 cm³/mol. The van der Waals surface area contributed by atoms with Crippen LogP contribution in [0.2, 0.25) is 0 Å². The van der Waals surface area contributed by atoms with Crippen molar-refractivity contribution in [2.75, 3.05) is 42.6 Å². The second-order valence-corrected chi connectivity index (χ2v) is 7.19. The molecule has 6 heteroatoms. The molecule has 0 aromatic heterocycles. The van der Waals surface area contributed by atoms with E-state index in [2.05, 4.69) is 22.3 Å². The van der Waals surface area contributed by atoms with Gasteiger partial charge < -0.3 is 19.9 Å². The molecule has 0 unspecified atom stereocenters. The number of nitrogens with zero attached hydrogens (tertiary/aromatic N) is 2. The number of carbonyl (C=O) groups is 2. The van der Waals surface area contributed by atoms with Gasteiger partial charge in [-0.25, -0.2) is 0 Å². The Labute approximate surface area is 172 Å². The van der Waals surface area contributed by atoms with Crippen LogP contribution < -0.4 is 19.9 Å². The molecule has 1 heterocycles. The lowest BCUT2D eigenvalue weighted by molar-refractivity contribution is -0.123. The first kappa shape index (κ1) is 20.7. The highest BCUT2D eigenvalue weighted by molar-refractivity contribution is 5.91. The summed E-state index contributed by atoms with van der Waals surface area (Å²) in [5.41, 5.74) is 2.04. The lowest BCUT2D eigenvalue weighted by Gasteiger charge is -2.29. The van der Waals surface area contributed by atoms with Gasteiger partial charge in [-0.3, -0.25) is 9.59 Å². The zero-order valence-electron chi connectivity index (χ0n) is 17.0. The zero-order valence-corrected chi connectivity index (χ0v) is 17.0. The van der Waals surface area contributed by atoms with Crippen molar-refractivity contribution in [3.8, 4) is 5.75 Å². The summed E-state index contributed by atoms with van der Waals surface area (Å²) in [5, 5.41) is 2.81. The first-order chi connectivity index (χ1) is 14.1. The summed E-state index contributed by atoms with van der Waals surface area (Å²) in [6.07, 6.45) is 3.76. The van der Waals surface area contributed by atoms with Crippen molar-refractivity contribution in [1.82, 2.24) is 5.32 Å². The summed E-state index contributed by atoms with van der Waals surface area (Å²) in [4.78, 5) is 28.1. The number of carbonyl (C=O) groups excluding carboxylic acids is 2. The fourth-order valence-corrected chi connectivity index (χ4v) is 3.49. The molecule has 3 rings (SSSR count). The number of amides is 2. The van der Waals surface area contributed by atoms with Gasteiger partial charge in [-0.15, -0.1) is 0 Å². The Balaban J connectivity index is 1.48. The maximum Gasteiger partial charge on any atom is 0.258 e. The third-order valence-electron chi connectivity index (χ3n) is 5.03. The van der Waals surface area contributed by atoms with Gasteiger partial charge in [-0.2, -0.15) is 0 Å². The van der Waals surface area contributed by atoms with Gasteiger partial charge >= 0.3 is 0 Å². The van der Waals surface area contributed by atoms with E-state index in [1.807, 2.05) is 30.3 Å². The maximum atomic E-state index is 12.1. The van der Waals surface area contributed by atoms with Crippen molar-refractivity contribution in [2.24, 2.45) is 0 Å². The molecule has 6 nitrogen and oxygen atoms in total. The Morgan fingerprint density at radius 2 is 1.69 bits per heavy atom. The van der Waals surface area contributed by atoms with Crippen LogP contribution in [0, 0.1) is 0 Å². The summed E-state index contributed by atoms with van der Waals surface area (Å²) in [5.74, 6) is 0.394. The minimum Gasteiger partial charge on any atom is -0.484 e. The van der Waals surface area contributed by atoms with Crippen molar-refractivity contribution in [2.45, 2.75) is 26.2 Å². The van der Waals surface area contributed by atoms with Crippen molar-refractivity contribution >= 4 is 23.2 Å². The molecule has 2 amide bonds. The molecule has 0 atom stereocenters. The lowest BCUT2D eigenvalue weighted by atomic mass is 10.1. The number of anilines is 2. The van der Waals surface area contributed by atoms with E-state index < -0.39 is 0 Å². The summed E-state index contributed by atoms with van der Waals surface area (Å²) in [6.45, 7) is 4.45. The minimum absolute atomic E-state index is 0.0470. The average molecular weight is 396 g/mol. The molecule has 1 fully saturated rings. The molecule has 1 saturated heterocycles. The minimum atomic E-state index is -0.210. The summed E-state index contributed by atoms with van der Waals surface area (Å²) in [6, 6.07) is 17.3. The number of piperidine rings is 1. The van der Waals surface area contributed by atoms with Gasteiger partial charge in [0.15, 0.2) is 6.61 Å². The number of para-hydroxylation sites is 1. The first-order valence-corrected chi connectivity index (χ1v) is 10.2. The van der Waals surface area contributed by atoms with E-state index in [0.717, 1.165) is 18.8 Å². The van der Waals surface area contributed by atoms with Crippen molar-refractivity contribution in [3.63, 3.8) is 0 Å². The maximum absolute atomic E-state index is 12.1. The van der Waals surface area contributed by atoms with Crippen LogP contribution >= 0.6 is 0 Å². The highest BCUT2D eigenvalue weighted by Crippen LogP contribution is 2.23. The van der Waals surface area contributed by atoms with E-state index >= 15 is 0 Å². The van der Waals surface area contributed by atoms with Gasteiger partial charge in [0.25, 0.3) is 5.91 Å². The third-order valence-corrected chi connectivity index (χ3v) is 5.03. The number of benzene rings is 2. The Kier molecular flexibility index (Phi) is 7.50. The fourth-order valence-electron chi connectivity index (χ4n) is 3.49. The lowest BCUT2D eigenvalue weighted by Crippen LogP contribution is -2.39. The second-order valence-electron chi connectivity index (χ2n) is 7.19. The quantitative estimate of drug-likeness (QED) is 0.746. The average Bonchev–Trinajstić information content (AvgIpc) is 2.76. The van der Waals surface area contributed by atoms with Crippen LogP contribution in [0.3, 0.4) is 0 Å². The molecule has 1 N–H and O–H groups in total. The molecule has 2 aromatic carbocycles. The molecule has 0 spiro atoms. The topological polar surface area (TPSA) is 61.9 Å². The molecule has 0 bridgehead atoms. The van der Waals surface area contributed by atoms with Crippen molar-refractivity contribution in [1.29, 1.82) is 0 Å². The van der Waals surface area contributed by atoms with E-state index in [9.17, 15) is 9.59 Å². The summed E-state index contributed by atoms with van der Waals surface area (Å²) in [7, 11) is 0. The van der Waals surface area contributed by atoms with Crippen LogP contribution in [-0.2, 0) is 9.59 Å². The normalized spacial score (nSPS) is 13.6. The van der Waals surface area contributed by atoms with E-state index in [0.29, 0.717) is 18.8 Å². The van der Waals surface area contributed by atoms with Crippen LogP contribution in [0.1, 0.15) is 26.2 Å². The van der Waals surface area contributed by atoms with Gasteiger partial charge in [0.05, 0.1) is 0 Å². The fraction of sp³-hybridized carbons (Fsp3) is 0.391. The SMILES string of the molecule is CC(=O)N(CCNC(=O)COc1ccccc1)c1ccc(N2CCCCC2)cc1. The Morgan fingerprint density at radius 3 is 2.34 bits per heavy atom. The zero-order chi connectivity index (χ0) is 20.5. The van der Waals surface area contributed by atoms with Crippen LogP contribution in [-0.4, -0.2) is 44.6 Å². The molecule has 29 heavy (non-hydrogen) atoms. The van der Waals surface area contributed by atoms with Gasteiger partial charge in [-0.05, 0) is 55.7 Å². The molecule has 154 valence electrons. The third kappa shape index (κ3) is 6.24. The van der Waals surface area contributed by atoms with Crippen LogP contribution in [0.15, 0.2) is 54.6 Å². The first-order valence-electron chi connectivity index (χ1n) is 10.2. The highest BCUT2D eigenvalue weighted by Gasteiger charge is 2.14. The highest BCUT2D eigenvalue weighted by atomic mass is 16.5. The number of rotatable bonds is 8. The smallest absolute Gasteiger partial charge is 0.258 e. The number of hydrogen-bond acceptors (Lipinski definition) is 4. The van der Waals surface area contributed by atoms with Gasteiger partial charge in [0.1, 0.15) is 5.75 Å². The van der Waals surface area contributed by atoms with E-state index in [-0.39, 0.29) is 18.4 Å². The van der Waals surface area contributed by atoms with E-state index in [1.165, 1.54) is 24.9 Å². The van der Waals surface area contributed by atoms with Crippen LogP contribution in [0.4, 0.5) is 11.4 Å². The largest absolute Gasteiger partial charge is 0.484 e. The Morgan fingerprint density at radius 1 is 1.00 bits per heavy atom.